The van der Waals surface area contributed by atoms with E-state index in [1.165, 1.54) is 0 Å². The van der Waals surface area contributed by atoms with Crippen molar-refractivity contribution in [3.8, 4) is 11.8 Å². The highest BCUT2D eigenvalue weighted by Crippen LogP contribution is 2.22. The zero-order chi connectivity index (χ0) is 13.6. The van der Waals surface area contributed by atoms with Crippen LogP contribution in [0.3, 0.4) is 0 Å². The van der Waals surface area contributed by atoms with Crippen LogP contribution in [0, 0.1) is 16.7 Å². The first-order chi connectivity index (χ1) is 8.44. The van der Waals surface area contributed by atoms with Crippen molar-refractivity contribution in [2.24, 2.45) is 5.41 Å². The van der Waals surface area contributed by atoms with Crippen molar-refractivity contribution in [1.29, 1.82) is 5.26 Å². The molecule has 4 nitrogen and oxygen atoms in total. The van der Waals surface area contributed by atoms with Gasteiger partial charge in [0.05, 0.1) is 24.5 Å². The van der Waals surface area contributed by atoms with Crippen LogP contribution in [0.25, 0.3) is 0 Å². The van der Waals surface area contributed by atoms with Gasteiger partial charge in [-0.25, -0.2) is 0 Å². The number of carboxylic acid groups (broad SMARTS) is 1. The van der Waals surface area contributed by atoms with Crippen molar-refractivity contribution in [3.63, 3.8) is 0 Å². The third-order valence-electron chi connectivity index (χ3n) is 2.60. The first-order valence-corrected chi connectivity index (χ1v) is 5.78. The predicted octanol–water partition coefficient (Wildman–Crippen LogP) is 2.63. The summed E-state index contributed by atoms with van der Waals surface area (Å²) in [5.74, 6) is -0.308. The minimum atomic E-state index is -0.886. The lowest BCUT2D eigenvalue weighted by Crippen LogP contribution is -2.14. The van der Waals surface area contributed by atoms with E-state index in [4.69, 9.17) is 15.1 Å². The van der Waals surface area contributed by atoms with E-state index < -0.39 is 11.4 Å². The Kier molecular flexibility index (Phi) is 4.73. The maximum atomic E-state index is 10.7. The van der Waals surface area contributed by atoms with Crippen LogP contribution in [0.5, 0.6) is 5.75 Å². The summed E-state index contributed by atoms with van der Waals surface area (Å²) in [6.07, 6.45) is 0.544. The molecule has 0 saturated heterocycles. The molecule has 1 N–H and O–H groups in total. The topological polar surface area (TPSA) is 70.3 Å². The minimum Gasteiger partial charge on any atom is -0.493 e. The highest BCUT2D eigenvalue weighted by molar-refractivity contribution is 5.71. The van der Waals surface area contributed by atoms with Gasteiger partial charge in [-0.2, -0.15) is 5.26 Å². The number of para-hydroxylation sites is 1. The highest BCUT2D eigenvalue weighted by Gasteiger charge is 2.16. The van der Waals surface area contributed by atoms with Gasteiger partial charge in [-0.15, -0.1) is 0 Å². The van der Waals surface area contributed by atoms with Crippen LogP contribution < -0.4 is 4.74 Å². The molecule has 0 atom stereocenters. The van der Waals surface area contributed by atoms with Crippen molar-refractivity contribution in [2.45, 2.75) is 26.7 Å². The molecule has 0 aliphatic carbocycles. The summed E-state index contributed by atoms with van der Waals surface area (Å²) in [7, 11) is 0. The van der Waals surface area contributed by atoms with E-state index in [2.05, 4.69) is 6.07 Å². The highest BCUT2D eigenvalue weighted by atomic mass is 16.5. The number of carboxylic acids is 1. The van der Waals surface area contributed by atoms with Gasteiger partial charge in [0, 0.05) is 5.56 Å². The molecule has 0 fully saturated rings. The number of benzene rings is 1. The number of carbonyl (C=O) groups is 1. The van der Waals surface area contributed by atoms with Gasteiger partial charge in [0.15, 0.2) is 0 Å². The average molecular weight is 247 g/mol. The fourth-order valence-electron chi connectivity index (χ4n) is 1.43. The molecule has 1 aromatic rings. The first kappa shape index (κ1) is 14.0. The molecule has 0 aromatic heterocycles. The van der Waals surface area contributed by atoms with E-state index >= 15 is 0 Å². The fourth-order valence-corrected chi connectivity index (χ4v) is 1.43. The molecule has 0 bridgehead atoms. The lowest BCUT2D eigenvalue weighted by Gasteiger charge is -2.16. The van der Waals surface area contributed by atoms with Gasteiger partial charge in [0.1, 0.15) is 5.75 Å². The Morgan fingerprint density at radius 2 is 2.11 bits per heavy atom. The van der Waals surface area contributed by atoms with Crippen LogP contribution in [-0.4, -0.2) is 17.7 Å². The van der Waals surface area contributed by atoms with Gasteiger partial charge in [-0.1, -0.05) is 18.2 Å². The summed E-state index contributed by atoms with van der Waals surface area (Å²) >= 11 is 0. The first-order valence-electron chi connectivity index (χ1n) is 5.78. The molecule has 96 valence electrons. The van der Waals surface area contributed by atoms with Crippen molar-refractivity contribution < 1.29 is 14.6 Å². The Bertz CT molecular complexity index is 460. The molecule has 0 aliphatic heterocycles. The summed E-state index contributed by atoms with van der Waals surface area (Å²) in [5.41, 5.74) is 0.224. The Balaban J connectivity index is 2.62. The molecule has 18 heavy (non-hydrogen) atoms. The van der Waals surface area contributed by atoms with Gasteiger partial charge >= 0.3 is 5.97 Å². The molecule has 0 saturated carbocycles. The summed E-state index contributed by atoms with van der Waals surface area (Å²) in [5, 5.41) is 17.7. The minimum absolute atomic E-state index is 0.0577. The van der Waals surface area contributed by atoms with E-state index in [0.717, 1.165) is 0 Å². The van der Waals surface area contributed by atoms with Gasteiger partial charge in [0.25, 0.3) is 0 Å². The quantitative estimate of drug-likeness (QED) is 0.838. The summed E-state index contributed by atoms with van der Waals surface area (Å²) in [6.45, 7) is 4.09. The van der Waals surface area contributed by atoms with Crippen LogP contribution in [0.15, 0.2) is 24.3 Å². The summed E-state index contributed by atoms with van der Waals surface area (Å²) < 4.78 is 5.56. The van der Waals surface area contributed by atoms with E-state index in [-0.39, 0.29) is 6.42 Å². The molecule has 0 unspecified atom stereocenters. The maximum absolute atomic E-state index is 10.7. The number of ether oxygens (including phenoxy) is 1. The Labute approximate surface area is 107 Å². The van der Waals surface area contributed by atoms with Crippen molar-refractivity contribution in [2.75, 3.05) is 6.61 Å². The predicted molar refractivity (Wildman–Crippen MR) is 67.3 cm³/mol. The third-order valence-corrected chi connectivity index (χ3v) is 2.60. The molecular formula is C14H17NO3. The van der Waals surface area contributed by atoms with Gasteiger partial charge in [-0.05, 0) is 26.3 Å². The van der Waals surface area contributed by atoms with Crippen molar-refractivity contribution in [3.05, 3.63) is 29.8 Å². The fraction of sp³-hybridized carbons (Fsp3) is 0.429. The smallest absolute Gasteiger partial charge is 0.307 e. The van der Waals surface area contributed by atoms with Crippen LogP contribution in [0.4, 0.5) is 0 Å². The standard InChI is InChI=1S/C14H17NO3/c1-14(2,10-15)7-8-18-12-6-4-3-5-11(12)9-13(16)17/h3-6H,7-9H2,1-2H3,(H,16,17). The Hall–Kier alpha value is -2.02. The van der Waals surface area contributed by atoms with Crippen LogP contribution in [0.1, 0.15) is 25.8 Å². The van der Waals surface area contributed by atoms with Crippen LogP contribution in [0.2, 0.25) is 0 Å². The number of rotatable bonds is 6. The van der Waals surface area contributed by atoms with Crippen molar-refractivity contribution in [1.82, 2.24) is 0 Å². The molecule has 0 heterocycles. The van der Waals surface area contributed by atoms with E-state index in [1.807, 2.05) is 13.8 Å². The zero-order valence-corrected chi connectivity index (χ0v) is 10.6. The summed E-state index contributed by atoms with van der Waals surface area (Å²) in [4.78, 5) is 10.7. The maximum Gasteiger partial charge on any atom is 0.307 e. The van der Waals surface area contributed by atoms with Gasteiger partial charge < -0.3 is 9.84 Å². The molecule has 1 rings (SSSR count). The molecule has 1 aromatic carbocycles. The van der Waals surface area contributed by atoms with Crippen LogP contribution >= 0.6 is 0 Å². The SMILES string of the molecule is CC(C)(C#N)CCOc1ccccc1CC(=O)O. The monoisotopic (exact) mass is 247 g/mol. The molecule has 0 aliphatic rings. The Morgan fingerprint density at radius 1 is 1.44 bits per heavy atom. The van der Waals surface area contributed by atoms with E-state index in [0.29, 0.717) is 24.3 Å². The second-order valence-electron chi connectivity index (χ2n) is 4.77. The zero-order valence-electron chi connectivity index (χ0n) is 10.6. The number of aliphatic carboxylic acids is 1. The number of hydrogen-bond donors (Lipinski definition) is 1. The normalized spacial score (nSPS) is 10.7. The second-order valence-corrected chi connectivity index (χ2v) is 4.77. The average Bonchev–Trinajstić information content (AvgIpc) is 2.30. The van der Waals surface area contributed by atoms with Gasteiger partial charge in [-0.3, -0.25) is 4.79 Å². The third kappa shape index (κ3) is 4.46. The summed E-state index contributed by atoms with van der Waals surface area (Å²) in [6, 6.07) is 9.27. The van der Waals surface area contributed by atoms with Crippen LogP contribution in [-0.2, 0) is 11.2 Å². The molecule has 0 amide bonds. The molecular weight excluding hydrogens is 230 g/mol. The second kappa shape index (κ2) is 6.06. The van der Waals surface area contributed by atoms with Crippen molar-refractivity contribution >= 4 is 5.97 Å². The molecule has 0 spiro atoms. The number of hydrogen-bond acceptors (Lipinski definition) is 3. The Morgan fingerprint density at radius 3 is 2.72 bits per heavy atom. The van der Waals surface area contributed by atoms with Gasteiger partial charge in [0.2, 0.25) is 0 Å². The lowest BCUT2D eigenvalue weighted by atomic mass is 9.92. The van der Waals surface area contributed by atoms with E-state index in [9.17, 15) is 4.79 Å². The lowest BCUT2D eigenvalue weighted by molar-refractivity contribution is -0.136. The molecule has 0 radical (unpaired) electrons. The largest absolute Gasteiger partial charge is 0.493 e. The molecule has 4 heteroatoms. The van der Waals surface area contributed by atoms with E-state index in [1.54, 1.807) is 24.3 Å². The number of nitriles is 1. The number of nitrogens with zero attached hydrogens (tertiary/aromatic N) is 1.